The molecule has 0 saturated carbocycles. The molecule has 4 N–H and O–H groups in total. The SMILES string of the molecule is CCc1cc(NS(=O)(=O)c2cc(N)c(Cl)cc2C)n[nH]1. The highest BCUT2D eigenvalue weighted by Crippen LogP contribution is 2.27. The van der Waals surface area contributed by atoms with E-state index >= 15 is 0 Å². The number of hydrogen-bond acceptors (Lipinski definition) is 4. The molecule has 0 unspecified atom stereocenters. The first-order valence-corrected chi connectivity index (χ1v) is 7.82. The molecule has 108 valence electrons. The van der Waals surface area contributed by atoms with Crippen LogP contribution in [0.1, 0.15) is 18.2 Å². The molecule has 0 amide bonds. The predicted octanol–water partition coefficient (Wildman–Crippen LogP) is 2.32. The molecule has 0 radical (unpaired) electrons. The van der Waals surface area contributed by atoms with E-state index in [2.05, 4.69) is 14.9 Å². The second-order valence-electron chi connectivity index (χ2n) is 4.38. The van der Waals surface area contributed by atoms with E-state index in [-0.39, 0.29) is 16.4 Å². The summed E-state index contributed by atoms with van der Waals surface area (Å²) < 4.78 is 27.0. The normalized spacial score (nSPS) is 11.6. The summed E-state index contributed by atoms with van der Waals surface area (Å²) in [5.41, 5.74) is 7.24. The number of benzene rings is 1. The number of halogens is 1. The Bertz CT molecular complexity index is 740. The number of anilines is 2. The molecule has 0 fully saturated rings. The lowest BCUT2D eigenvalue weighted by Gasteiger charge is -2.10. The number of aromatic amines is 1. The van der Waals surface area contributed by atoms with Crippen molar-refractivity contribution in [3.05, 3.63) is 34.5 Å². The molecule has 0 saturated heterocycles. The van der Waals surface area contributed by atoms with Crippen LogP contribution in [0.4, 0.5) is 11.5 Å². The van der Waals surface area contributed by atoms with Gasteiger partial charge in [-0.05, 0) is 31.0 Å². The first kappa shape index (κ1) is 14.7. The lowest BCUT2D eigenvalue weighted by molar-refractivity contribution is 0.600. The average molecular weight is 315 g/mol. The third-order valence-electron chi connectivity index (χ3n) is 2.83. The van der Waals surface area contributed by atoms with E-state index in [0.717, 1.165) is 12.1 Å². The van der Waals surface area contributed by atoms with Crippen molar-refractivity contribution in [3.63, 3.8) is 0 Å². The van der Waals surface area contributed by atoms with Gasteiger partial charge in [0.15, 0.2) is 5.82 Å². The van der Waals surface area contributed by atoms with Crippen LogP contribution in [0.25, 0.3) is 0 Å². The molecule has 1 aromatic carbocycles. The summed E-state index contributed by atoms with van der Waals surface area (Å²) in [5, 5.41) is 6.96. The van der Waals surface area contributed by atoms with Crippen LogP contribution >= 0.6 is 11.6 Å². The van der Waals surface area contributed by atoms with Crippen LogP contribution in [0.3, 0.4) is 0 Å². The number of nitrogen functional groups attached to an aromatic ring is 1. The molecular formula is C12H15ClN4O2S. The molecule has 2 rings (SSSR count). The van der Waals surface area contributed by atoms with E-state index in [1.807, 2.05) is 6.92 Å². The summed E-state index contributed by atoms with van der Waals surface area (Å²) in [6, 6.07) is 4.51. The average Bonchev–Trinajstić information content (AvgIpc) is 2.80. The van der Waals surface area contributed by atoms with Crippen LogP contribution in [-0.4, -0.2) is 18.6 Å². The second kappa shape index (κ2) is 5.34. The van der Waals surface area contributed by atoms with Gasteiger partial charge in [0.25, 0.3) is 10.0 Å². The fraction of sp³-hybridized carbons (Fsp3) is 0.250. The smallest absolute Gasteiger partial charge is 0.263 e. The minimum absolute atomic E-state index is 0.0837. The van der Waals surface area contributed by atoms with Gasteiger partial charge in [-0.1, -0.05) is 18.5 Å². The highest BCUT2D eigenvalue weighted by Gasteiger charge is 2.19. The number of nitrogens with zero attached hydrogens (tertiary/aromatic N) is 1. The largest absolute Gasteiger partial charge is 0.397 e. The summed E-state index contributed by atoms with van der Waals surface area (Å²) in [6.07, 6.45) is 0.738. The lowest BCUT2D eigenvalue weighted by Crippen LogP contribution is -2.15. The molecule has 1 aromatic heterocycles. The fourth-order valence-electron chi connectivity index (χ4n) is 1.75. The zero-order valence-electron chi connectivity index (χ0n) is 11.1. The number of rotatable bonds is 4. The molecule has 0 atom stereocenters. The molecule has 20 heavy (non-hydrogen) atoms. The molecular weight excluding hydrogens is 300 g/mol. The number of hydrogen-bond donors (Lipinski definition) is 3. The number of nitrogens with one attached hydrogen (secondary N) is 2. The fourth-order valence-corrected chi connectivity index (χ4v) is 3.22. The minimum atomic E-state index is -3.75. The van der Waals surface area contributed by atoms with Crippen LogP contribution < -0.4 is 10.5 Å². The van der Waals surface area contributed by atoms with Gasteiger partial charge in [-0.2, -0.15) is 5.10 Å². The van der Waals surface area contributed by atoms with E-state index in [1.165, 1.54) is 12.1 Å². The van der Waals surface area contributed by atoms with Crippen molar-refractivity contribution < 1.29 is 8.42 Å². The number of aryl methyl sites for hydroxylation is 2. The Morgan fingerprint density at radius 1 is 1.40 bits per heavy atom. The van der Waals surface area contributed by atoms with Crippen molar-refractivity contribution in [2.24, 2.45) is 0 Å². The van der Waals surface area contributed by atoms with Gasteiger partial charge in [0.05, 0.1) is 15.6 Å². The zero-order valence-corrected chi connectivity index (χ0v) is 12.6. The predicted molar refractivity (Wildman–Crippen MR) is 79.4 cm³/mol. The Hall–Kier alpha value is -1.73. The van der Waals surface area contributed by atoms with Gasteiger partial charge in [0.2, 0.25) is 0 Å². The van der Waals surface area contributed by atoms with Crippen LogP contribution in [-0.2, 0) is 16.4 Å². The molecule has 0 aliphatic heterocycles. The van der Waals surface area contributed by atoms with E-state index in [0.29, 0.717) is 10.6 Å². The van der Waals surface area contributed by atoms with E-state index < -0.39 is 10.0 Å². The van der Waals surface area contributed by atoms with Crippen LogP contribution in [0.2, 0.25) is 5.02 Å². The van der Waals surface area contributed by atoms with Crippen molar-refractivity contribution in [2.75, 3.05) is 10.5 Å². The number of nitrogens with two attached hydrogens (primary N) is 1. The highest BCUT2D eigenvalue weighted by atomic mass is 35.5. The molecule has 1 heterocycles. The van der Waals surface area contributed by atoms with E-state index in [9.17, 15) is 8.42 Å². The van der Waals surface area contributed by atoms with Gasteiger partial charge >= 0.3 is 0 Å². The van der Waals surface area contributed by atoms with Gasteiger partial charge in [0, 0.05) is 11.8 Å². The Kier molecular flexibility index (Phi) is 3.92. The quantitative estimate of drug-likeness (QED) is 0.754. The second-order valence-corrected chi connectivity index (χ2v) is 6.43. The summed E-state index contributed by atoms with van der Waals surface area (Å²) >= 11 is 5.86. The van der Waals surface area contributed by atoms with Crippen molar-refractivity contribution in [3.8, 4) is 0 Å². The number of sulfonamides is 1. The lowest BCUT2D eigenvalue weighted by atomic mass is 10.2. The van der Waals surface area contributed by atoms with Crippen molar-refractivity contribution in [2.45, 2.75) is 25.2 Å². The Labute approximate surface area is 122 Å². The third-order valence-corrected chi connectivity index (χ3v) is 4.66. The minimum Gasteiger partial charge on any atom is -0.397 e. The Morgan fingerprint density at radius 3 is 2.70 bits per heavy atom. The molecule has 0 bridgehead atoms. The van der Waals surface area contributed by atoms with E-state index in [1.54, 1.807) is 13.0 Å². The van der Waals surface area contributed by atoms with Crippen molar-refractivity contribution in [1.29, 1.82) is 0 Å². The van der Waals surface area contributed by atoms with Crippen LogP contribution in [0.15, 0.2) is 23.1 Å². The molecule has 8 heteroatoms. The number of H-pyrrole nitrogens is 1. The standard InChI is InChI=1S/C12H15ClN4O2S/c1-3-8-5-12(16-15-8)17-20(18,19)11-6-10(14)9(13)4-7(11)2/h4-6H,3,14H2,1-2H3,(H2,15,16,17). The van der Waals surface area contributed by atoms with Crippen LogP contribution in [0.5, 0.6) is 0 Å². The van der Waals surface area contributed by atoms with Crippen molar-refractivity contribution >= 4 is 33.1 Å². The van der Waals surface area contributed by atoms with Crippen molar-refractivity contribution in [1.82, 2.24) is 10.2 Å². The third kappa shape index (κ3) is 2.88. The van der Waals surface area contributed by atoms with Gasteiger partial charge in [-0.3, -0.25) is 9.82 Å². The molecule has 0 spiro atoms. The molecule has 0 aliphatic carbocycles. The van der Waals surface area contributed by atoms with Gasteiger partial charge < -0.3 is 5.73 Å². The Balaban J connectivity index is 2.37. The monoisotopic (exact) mass is 314 g/mol. The molecule has 0 aliphatic rings. The highest BCUT2D eigenvalue weighted by molar-refractivity contribution is 7.92. The van der Waals surface area contributed by atoms with Crippen LogP contribution in [0, 0.1) is 6.92 Å². The maximum absolute atomic E-state index is 12.3. The zero-order chi connectivity index (χ0) is 14.9. The topological polar surface area (TPSA) is 101 Å². The first-order valence-electron chi connectivity index (χ1n) is 5.96. The Morgan fingerprint density at radius 2 is 2.10 bits per heavy atom. The number of aromatic nitrogens is 2. The first-order chi connectivity index (χ1) is 9.33. The summed E-state index contributed by atoms with van der Waals surface area (Å²) in [6.45, 7) is 3.59. The molecule has 2 aromatic rings. The maximum atomic E-state index is 12.3. The molecule has 6 nitrogen and oxygen atoms in total. The summed E-state index contributed by atoms with van der Waals surface area (Å²) in [4.78, 5) is 0.0837. The summed E-state index contributed by atoms with van der Waals surface area (Å²) in [5.74, 6) is 0.245. The van der Waals surface area contributed by atoms with Gasteiger partial charge in [-0.25, -0.2) is 8.42 Å². The maximum Gasteiger partial charge on any atom is 0.263 e. The van der Waals surface area contributed by atoms with E-state index in [4.69, 9.17) is 17.3 Å². The summed E-state index contributed by atoms with van der Waals surface area (Å²) in [7, 11) is -3.75. The van der Waals surface area contributed by atoms with Gasteiger partial charge in [0.1, 0.15) is 0 Å². The van der Waals surface area contributed by atoms with Gasteiger partial charge in [-0.15, -0.1) is 0 Å².